The molecular formula is C25H42N2O7SSi. The number of hydrogen-bond acceptors (Lipinski definition) is 7. The van der Waals surface area contributed by atoms with Crippen LogP contribution in [-0.2, 0) is 30.7 Å². The van der Waals surface area contributed by atoms with Crippen molar-refractivity contribution in [2.45, 2.75) is 77.0 Å². The van der Waals surface area contributed by atoms with Gasteiger partial charge in [0.2, 0.25) is 10.0 Å². The number of benzene rings is 1. The van der Waals surface area contributed by atoms with E-state index in [1.165, 1.54) is 17.7 Å². The summed E-state index contributed by atoms with van der Waals surface area (Å²) in [5.41, 5.74) is 0.487. The molecule has 0 N–H and O–H groups in total. The first-order valence-electron chi connectivity index (χ1n) is 12.2. The SMILES string of the molecule is COC(=O)c1cccc(C[C@H]2[C@@H](N(COCC[Si](C)(C)C)S(C)(=O)=O)CCN2C(=O)OC(C)(C)C)c1. The zero-order valence-electron chi connectivity index (χ0n) is 22.9. The highest BCUT2D eigenvalue weighted by atomic mass is 32.2. The van der Waals surface area contributed by atoms with Crippen LogP contribution in [0.3, 0.4) is 0 Å². The Hall–Kier alpha value is -1.95. The Bertz CT molecular complexity index is 1020. The number of rotatable bonds is 10. The van der Waals surface area contributed by atoms with Gasteiger partial charge in [0, 0.05) is 27.3 Å². The van der Waals surface area contributed by atoms with Crippen molar-refractivity contribution in [3.8, 4) is 0 Å². The van der Waals surface area contributed by atoms with Gasteiger partial charge in [-0.25, -0.2) is 18.0 Å². The number of methoxy groups -OCH3 is 1. The fourth-order valence-electron chi connectivity index (χ4n) is 4.12. The minimum atomic E-state index is -3.63. The minimum Gasteiger partial charge on any atom is -0.465 e. The lowest BCUT2D eigenvalue weighted by Gasteiger charge is -2.35. The second-order valence-corrected chi connectivity index (χ2v) is 19.0. The third-order valence-corrected chi connectivity index (χ3v) is 8.87. The third-order valence-electron chi connectivity index (χ3n) is 5.94. The van der Waals surface area contributed by atoms with E-state index in [-0.39, 0.29) is 6.73 Å². The van der Waals surface area contributed by atoms with E-state index in [2.05, 4.69) is 19.6 Å². The average molecular weight is 543 g/mol. The topological polar surface area (TPSA) is 102 Å². The number of likely N-dealkylation sites (tertiary alicyclic amines) is 1. The predicted octanol–water partition coefficient (Wildman–Crippen LogP) is 3.97. The first-order valence-corrected chi connectivity index (χ1v) is 17.8. The summed E-state index contributed by atoms with van der Waals surface area (Å²) in [6, 6.07) is 6.89. The number of ether oxygens (including phenoxy) is 3. The standard InChI is InChI=1S/C25H42N2O7SSi/c1-25(2,3)34-24(29)26-13-12-21(27(35(5,30)31)18-33-14-15-36(6,7)8)22(26)17-19-10-9-11-20(16-19)23(28)32-4/h9-11,16,21-22H,12-15,17-18H2,1-8H3/t21-,22-/m0/s1. The molecule has 1 saturated heterocycles. The smallest absolute Gasteiger partial charge is 0.410 e. The molecule has 0 spiro atoms. The Balaban J connectivity index is 2.36. The molecule has 36 heavy (non-hydrogen) atoms. The molecule has 0 saturated carbocycles. The van der Waals surface area contributed by atoms with Crippen molar-refractivity contribution in [3.63, 3.8) is 0 Å². The molecule has 204 valence electrons. The molecule has 1 fully saturated rings. The van der Waals surface area contributed by atoms with Crippen LogP contribution in [0.1, 0.15) is 43.1 Å². The average Bonchev–Trinajstić information content (AvgIpc) is 3.13. The van der Waals surface area contributed by atoms with Gasteiger partial charge in [-0.15, -0.1) is 0 Å². The number of amides is 1. The van der Waals surface area contributed by atoms with E-state index < -0.39 is 47.8 Å². The Labute approximate surface area is 217 Å². The van der Waals surface area contributed by atoms with Gasteiger partial charge >= 0.3 is 12.1 Å². The van der Waals surface area contributed by atoms with E-state index in [1.807, 2.05) is 6.07 Å². The first-order chi connectivity index (χ1) is 16.5. The summed E-state index contributed by atoms with van der Waals surface area (Å²) in [4.78, 5) is 26.8. The molecule has 1 aromatic rings. The first kappa shape index (κ1) is 30.3. The molecule has 1 aliphatic rings. The quantitative estimate of drug-likeness (QED) is 0.191. The Kier molecular flexibility index (Phi) is 10.1. The number of hydrogen-bond donors (Lipinski definition) is 0. The lowest BCUT2D eigenvalue weighted by atomic mass is 9.98. The van der Waals surface area contributed by atoms with Crippen molar-refractivity contribution in [1.29, 1.82) is 0 Å². The summed E-state index contributed by atoms with van der Waals surface area (Å²) in [6.45, 7) is 12.8. The minimum absolute atomic E-state index is 0.0746. The van der Waals surface area contributed by atoms with Gasteiger partial charge in [0.15, 0.2) is 0 Å². The van der Waals surface area contributed by atoms with Crippen LogP contribution in [0, 0.1) is 0 Å². The second kappa shape index (κ2) is 12.1. The molecule has 1 heterocycles. The van der Waals surface area contributed by atoms with E-state index in [0.29, 0.717) is 31.6 Å². The normalized spacial score (nSPS) is 19.0. The summed E-state index contributed by atoms with van der Waals surface area (Å²) in [7, 11) is -3.65. The fourth-order valence-corrected chi connectivity index (χ4v) is 5.88. The maximum Gasteiger partial charge on any atom is 0.410 e. The van der Waals surface area contributed by atoms with Gasteiger partial charge in [0.1, 0.15) is 12.3 Å². The van der Waals surface area contributed by atoms with Crippen LogP contribution >= 0.6 is 0 Å². The molecule has 11 heteroatoms. The number of carbonyl (C=O) groups excluding carboxylic acids is 2. The molecule has 9 nitrogen and oxygen atoms in total. The van der Waals surface area contributed by atoms with Crippen LogP contribution in [0.25, 0.3) is 0 Å². The number of nitrogens with zero attached hydrogens (tertiary/aromatic N) is 2. The molecule has 0 bridgehead atoms. The van der Waals surface area contributed by atoms with Gasteiger partial charge in [0.05, 0.1) is 25.0 Å². The van der Waals surface area contributed by atoms with E-state index in [1.54, 1.807) is 43.9 Å². The fraction of sp³-hybridized carbons (Fsp3) is 0.680. The van der Waals surface area contributed by atoms with Gasteiger partial charge in [-0.2, -0.15) is 4.31 Å². The summed E-state index contributed by atoms with van der Waals surface area (Å²) in [5.74, 6) is -0.461. The van der Waals surface area contributed by atoms with Crippen molar-refractivity contribution < 1.29 is 32.2 Å². The summed E-state index contributed by atoms with van der Waals surface area (Å²) >= 11 is 0. The lowest BCUT2D eigenvalue weighted by Crippen LogP contribution is -2.51. The lowest BCUT2D eigenvalue weighted by molar-refractivity contribution is 0.0152. The predicted molar refractivity (Wildman–Crippen MR) is 142 cm³/mol. The zero-order valence-corrected chi connectivity index (χ0v) is 24.7. The molecular weight excluding hydrogens is 500 g/mol. The molecule has 0 aromatic heterocycles. The van der Waals surface area contributed by atoms with Gasteiger partial charge in [-0.05, 0) is 57.4 Å². The van der Waals surface area contributed by atoms with Crippen molar-refractivity contribution in [2.75, 3.05) is 33.2 Å². The largest absolute Gasteiger partial charge is 0.465 e. The van der Waals surface area contributed by atoms with E-state index in [4.69, 9.17) is 14.2 Å². The maximum atomic E-state index is 13.1. The molecule has 2 atom stereocenters. The Morgan fingerprint density at radius 2 is 1.86 bits per heavy atom. The second-order valence-electron chi connectivity index (χ2n) is 11.5. The highest BCUT2D eigenvalue weighted by Gasteiger charge is 2.44. The van der Waals surface area contributed by atoms with Gasteiger partial charge < -0.3 is 19.1 Å². The summed E-state index contributed by atoms with van der Waals surface area (Å²) < 4.78 is 43.4. The highest BCUT2D eigenvalue weighted by molar-refractivity contribution is 7.88. The molecule has 1 aliphatic heterocycles. The van der Waals surface area contributed by atoms with Crippen LogP contribution in [-0.4, -0.2) is 88.7 Å². The summed E-state index contributed by atoms with van der Waals surface area (Å²) in [6.07, 6.45) is 1.47. The molecule has 0 radical (unpaired) electrons. The van der Waals surface area contributed by atoms with Gasteiger partial charge in [-0.1, -0.05) is 31.8 Å². The molecule has 1 aromatic carbocycles. The molecule has 0 aliphatic carbocycles. The van der Waals surface area contributed by atoms with E-state index >= 15 is 0 Å². The maximum absolute atomic E-state index is 13.1. The van der Waals surface area contributed by atoms with Crippen LogP contribution in [0.5, 0.6) is 0 Å². The number of sulfonamides is 1. The molecule has 0 unspecified atom stereocenters. The van der Waals surface area contributed by atoms with Crippen LogP contribution in [0.15, 0.2) is 24.3 Å². The van der Waals surface area contributed by atoms with Crippen LogP contribution in [0.4, 0.5) is 4.79 Å². The van der Waals surface area contributed by atoms with E-state index in [0.717, 1.165) is 11.6 Å². The highest BCUT2D eigenvalue weighted by Crippen LogP contribution is 2.30. The van der Waals surface area contributed by atoms with Gasteiger partial charge in [0.25, 0.3) is 0 Å². The Morgan fingerprint density at radius 1 is 1.19 bits per heavy atom. The summed E-state index contributed by atoms with van der Waals surface area (Å²) in [5, 5.41) is 0. The van der Waals surface area contributed by atoms with Crippen LogP contribution < -0.4 is 0 Å². The number of carbonyl (C=O) groups is 2. The van der Waals surface area contributed by atoms with Crippen molar-refractivity contribution >= 4 is 30.2 Å². The van der Waals surface area contributed by atoms with Crippen molar-refractivity contribution in [3.05, 3.63) is 35.4 Å². The van der Waals surface area contributed by atoms with Crippen molar-refractivity contribution in [1.82, 2.24) is 9.21 Å². The molecule has 1 amide bonds. The van der Waals surface area contributed by atoms with Gasteiger partial charge in [-0.3, -0.25) is 0 Å². The number of esters is 1. The zero-order chi connectivity index (χ0) is 27.3. The van der Waals surface area contributed by atoms with E-state index in [9.17, 15) is 18.0 Å². The monoisotopic (exact) mass is 542 g/mol. The molecule has 2 rings (SSSR count). The third kappa shape index (κ3) is 9.17. The van der Waals surface area contributed by atoms with Crippen LogP contribution in [0.2, 0.25) is 25.7 Å². The van der Waals surface area contributed by atoms with Crippen molar-refractivity contribution in [2.24, 2.45) is 0 Å². The Morgan fingerprint density at radius 3 is 2.42 bits per heavy atom.